The summed E-state index contributed by atoms with van der Waals surface area (Å²) in [5.74, 6) is -0.101. The van der Waals surface area contributed by atoms with Crippen LogP contribution in [0.4, 0.5) is 0 Å². The van der Waals surface area contributed by atoms with Crippen molar-refractivity contribution in [1.82, 2.24) is 14.7 Å². The number of rotatable bonds is 2. The van der Waals surface area contributed by atoms with E-state index in [1.807, 2.05) is 16.8 Å². The molecule has 7 heteroatoms. The zero-order chi connectivity index (χ0) is 15.0. The van der Waals surface area contributed by atoms with E-state index in [9.17, 15) is 14.4 Å². The maximum absolute atomic E-state index is 12.3. The van der Waals surface area contributed by atoms with Crippen LogP contribution in [0, 0.1) is 0 Å². The van der Waals surface area contributed by atoms with E-state index >= 15 is 0 Å². The van der Waals surface area contributed by atoms with E-state index in [-0.39, 0.29) is 24.3 Å². The van der Waals surface area contributed by atoms with Gasteiger partial charge in [-0.2, -0.15) is 11.3 Å². The number of carbonyl (C=O) groups is 3. The molecule has 2 aliphatic rings. The van der Waals surface area contributed by atoms with Crippen molar-refractivity contribution in [3.8, 4) is 0 Å². The summed E-state index contributed by atoms with van der Waals surface area (Å²) in [6.45, 7) is 1.39. The van der Waals surface area contributed by atoms with E-state index < -0.39 is 6.04 Å². The highest BCUT2D eigenvalue weighted by Crippen LogP contribution is 2.18. The van der Waals surface area contributed by atoms with E-state index in [1.165, 1.54) is 4.90 Å². The molecule has 112 valence electrons. The second kappa shape index (κ2) is 5.48. The number of hydrogen-bond acceptors (Lipinski definition) is 4. The average molecular weight is 307 g/mol. The molecule has 0 aromatic carbocycles. The Kier molecular flexibility index (Phi) is 3.67. The number of piperazine rings is 2. The molecule has 0 radical (unpaired) electrons. The predicted molar refractivity (Wildman–Crippen MR) is 77.7 cm³/mol. The fraction of sp³-hybridized carbons (Fsp3) is 0.500. The van der Waals surface area contributed by atoms with E-state index in [1.54, 1.807) is 28.2 Å². The van der Waals surface area contributed by atoms with Gasteiger partial charge < -0.3 is 14.7 Å². The fourth-order valence-electron chi connectivity index (χ4n) is 2.83. The highest BCUT2D eigenvalue weighted by Gasteiger charge is 2.42. The van der Waals surface area contributed by atoms with Crippen LogP contribution in [0.1, 0.15) is 5.56 Å². The first-order valence-electron chi connectivity index (χ1n) is 6.89. The Hall–Kier alpha value is -1.89. The molecule has 1 aromatic rings. The second-order valence-electron chi connectivity index (χ2n) is 5.45. The number of likely N-dealkylation sites (N-methyl/N-ethyl adjacent to an activating group) is 1. The summed E-state index contributed by atoms with van der Waals surface area (Å²) >= 11 is 1.56. The summed E-state index contributed by atoms with van der Waals surface area (Å²) in [7, 11) is 1.63. The van der Waals surface area contributed by atoms with E-state index in [0.717, 1.165) is 5.56 Å². The number of nitrogens with zero attached hydrogens (tertiary/aromatic N) is 3. The Labute approximate surface area is 126 Å². The van der Waals surface area contributed by atoms with Gasteiger partial charge in [0, 0.05) is 20.1 Å². The lowest BCUT2D eigenvalue weighted by atomic mass is 10.1. The van der Waals surface area contributed by atoms with Crippen molar-refractivity contribution in [1.29, 1.82) is 0 Å². The summed E-state index contributed by atoms with van der Waals surface area (Å²) in [5.41, 5.74) is 0.996. The topological polar surface area (TPSA) is 60.9 Å². The highest BCUT2D eigenvalue weighted by atomic mass is 32.1. The number of amides is 3. The average Bonchev–Trinajstić information content (AvgIpc) is 2.97. The van der Waals surface area contributed by atoms with Gasteiger partial charge in [0.15, 0.2) is 0 Å². The highest BCUT2D eigenvalue weighted by molar-refractivity contribution is 7.08. The van der Waals surface area contributed by atoms with Crippen LogP contribution < -0.4 is 0 Å². The summed E-state index contributed by atoms with van der Waals surface area (Å²) in [6, 6.07) is 1.42. The first-order valence-corrected chi connectivity index (χ1v) is 7.84. The third-order valence-corrected chi connectivity index (χ3v) is 4.75. The largest absolute Gasteiger partial charge is 0.338 e. The van der Waals surface area contributed by atoms with Crippen LogP contribution >= 0.6 is 11.3 Å². The van der Waals surface area contributed by atoms with Crippen LogP contribution in [0.3, 0.4) is 0 Å². The van der Waals surface area contributed by atoms with E-state index in [2.05, 4.69) is 0 Å². The van der Waals surface area contributed by atoms with Crippen molar-refractivity contribution in [3.63, 3.8) is 0 Å². The first-order chi connectivity index (χ1) is 10.1. The minimum Gasteiger partial charge on any atom is -0.338 e. The van der Waals surface area contributed by atoms with Gasteiger partial charge in [-0.25, -0.2) is 0 Å². The van der Waals surface area contributed by atoms with Crippen molar-refractivity contribution >= 4 is 29.1 Å². The normalized spacial score (nSPS) is 22.5. The van der Waals surface area contributed by atoms with Crippen molar-refractivity contribution < 1.29 is 14.4 Å². The fourth-order valence-corrected chi connectivity index (χ4v) is 3.49. The van der Waals surface area contributed by atoms with Crippen molar-refractivity contribution in [2.45, 2.75) is 12.5 Å². The van der Waals surface area contributed by atoms with Gasteiger partial charge in [-0.3, -0.25) is 14.4 Å². The molecule has 21 heavy (non-hydrogen) atoms. The van der Waals surface area contributed by atoms with Gasteiger partial charge in [-0.15, -0.1) is 0 Å². The molecule has 1 atom stereocenters. The smallest absolute Gasteiger partial charge is 0.247 e. The third kappa shape index (κ3) is 2.65. The lowest BCUT2D eigenvalue weighted by Gasteiger charge is -2.45. The van der Waals surface area contributed by atoms with Crippen LogP contribution in [0.5, 0.6) is 0 Å². The number of carbonyl (C=O) groups excluding carboxylic acids is 3. The maximum atomic E-state index is 12.3. The SMILES string of the molecule is CN1CC(=O)N2CCN(C(=O)Cc3ccsc3)C[C@@H]2C1=O. The Morgan fingerprint density at radius 2 is 2.19 bits per heavy atom. The molecule has 2 saturated heterocycles. The monoisotopic (exact) mass is 307 g/mol. The van der Waals surface area contributed by atoms with Crippen LogP contribution in [0.2, 0.25) is 0 Å². The second-order valence-corrected chi connectivity index (χ2v) is 6.23. The van der Waals surface area contributed by atoms with Gasteiger partial charge in [0.05, 0.1) is 19.5 Å². The minimum absolute atomic E-state index is 0.0153. The van der Waals surface area contributed by atoms with Gasteiger partial charge in [0.1, 0.15) is 6.04 Å². The summed E-state index contributed by atoms with van der Waals surface area (Å²) in [5, 5.41) is 3.90. The first kappa shape index (κ1) is 14.1. The van der Waals surface area contributed by atoms with Gasteiger partial charge in [-0.05, 0) is 22.4 Å². The van der Waals surface area contributed by atoms with Crippen LogP contribution in [-0.2, 0) is 20.8 Å². The molecule has 0 bridgehead atoms. The lowest BCUT2D eigenvalue weighted by molar-refractivity contribution is -0.160. The summed E-state index contributed by atoms with van der Waals surface area (Å²) < 4.78 is 0. The molecule has 2 fully saturated rings. The molecule has 0 saturated carbocycles. The molecule has 6 nitrogen and oxygen atoms in total. The lowest BCUT2D eigenvalue weighted by Crippen LogP contribution is -2.66. The molecule has 3 heterocycles. The molecule has 0 spiro atoms. The molecule has 3 rings (SSSR count). The summed E-state index contributed by atoms with van der Waals surface area (Å²) in [6.07, 6.45) is 0.355. The Balaban J connectivity index is 1.69. The van der Waals surface area contributed by atoms with Crippen LogP contribution in [0.25, 0.3) is 0 Å². The molecule has 3 amide bonds. The number of hydrogen-bond donors (Lipinski definition) is 0. The standard InChI is InChI=1S/C14H17N3O3S/c1-15-8-13(19)17-4-3-16(7-11(17)14(15)20)12(18)6-10-2-5-21-9-10/h2,5,9,11H,3-4,6-8H2,1H3/t11-/m1/s1. The molecule has 0 N–H and O–H groups in total. The van der Waals surface area contributed by atoms with E-state index in [0.29, 0.717) is 26.1 Å². The number of fused-ring (bicyclic) bond motifs is 1. The Morgan fingerprint density at radius 1 is 1.38 bits per heavy atom. The minimum atomic E-state index is -0.517. The van der Waals surface area contributed by atoms with Gasteiger partial charge >= 0.3 is 0 Å². The van der Waals surface area contributed by atoms with Gasteiger partial charge in [0.25, 0.3) is 0 Å². The third-order valence-electron chi connectivity index (χ3n) is 4.02. The molecule has 2 aliphatic heterocycles. The van der Waals surface area contributed by atoms with Crippen molar-refractivity contribution in [2.75, 3.05) is 33.2 Å². The zero-order valence-corrected chi connectivity index (χ0v) is 12.6. The van der Waals surface area contributed by atoms with Crippen LogP contribution in [0.15, 0.2) is 16.8 Å². The Bertz CT molecular complexity index is 572. The van der Waals surface area contributed by atoms with Gasteiger partial charge in [-0.1, -0.05) is 0 Å². The zero-order valence-electron chi connectivity index (χ0n) is 11.8. The Morgan fingerprint density at radius 3 is 2.90 bits per heavy atom. The van der Waals surface area contributed by atoms with Crippen molar-refractivity contribution in [3.05, 3.63) is 22.4 Å². The maximum Gasteiger partial charge on any atom is 0.247 e. The predicted octanol–water partition coefficient (Wildman–Crippen LogP) is -0.198. The molecular weight excluding hydrogens is 290 g/mol. The van der Waals surface area contributed by atoms with Crippen LogP contribution in [-0.4, -0.2) is 71.7 Å². The van der Waals surface area contributed by atoms with E-state index in [4.69, 9.17) is 0 Å². The molecule has 0 aliphatic carbocycles. The summed E-state index contributed by atoms with van der Waals surface area (Å²) in [4.78, 5) is 41.2. The molecular formula is C14H17N3O3S. The molecule has 1 aromatic heterocycles. The molecule has 0 unspecified atom stereocenters. The quantitative estimate of drug-likeness (QED) is 0.760. The number of thiophene rings is 1. The van der Waals surface area contributed by atoms with Gasteiger partial charge in [0.2, 0.25) is 17.7 Å². The van der Waals surface area contributed by atoms with Crippen molar-refractivity contribution in [2.24, 2.45) is 0 Å².